The molecule has 3 N–H and O–H groups in total. The lowest BCUT2D eigenvalue weighted by Gasteiger charge is -2.28. The zero-order chi connectivity index (χ0) is 27.7. The summed E-state index contributed by atoms with van der Waals surface area (Å²) in [7, 11) is 0. The van der Waals surface area contributed by atoms with Gasteiger partial charge in [-0.2, -0.15) is 0 Å². The lowest BCUT2D eigenvalue weighted by atomic mass is 9.89. The number of nitrogens with zero attached hydrogens (tertiary/aromatic N) is 3. The largest absolute Gasteiger partial charge is 0.354 e. The first kappa shape index (κ1) is 26.9. The summed E-state index contributed by atoms with van der Waals surface area (Å²) in [5, 5.41) is 10.3. The Morgan fingerprint density at radius 1 is 1.18 bits per heavy atom. The number of hydrogen-bond acceptors (Lipinski definition) is 5. The van der Waals surface area contributed by atoms with Crippen LogP contribution < -0.4 is 20.9 Å². The van der Waals surface area contributed by atoms with Crippen molar-refractivity contribution in [3.8, 4) is 11.1 Å². The normalized spacial score (nSPS) is 20.5. The van der Waals surface area contributed by atoms with Crippen LogP contribution in [0.25, 0.3) is 22.0 Å². The van der Waals surface area contributed by atoms with Crippen LogP contribution in [0, 0.1) is 18.8 Å². The Kier molecular flexibility index (Phi) is 7.75. The molecule has 8 nitrogen and oxygen atoms in total. The van der Waals surface area contributed by atoms with Crippen LogP contribution in [0.2, 0.25) is 0 Å². The molecule has 1 fully saturated rings. The number of allylic oxidation sites excluding steroid dienone is 2. The predicted molar refractivity (Wildman–Crippen MR) is 157 cm³/mol. The van der Waals surface area contributed by atoms with E-state index >= 15 is 0 Å². The highest BCUT2D eigenvalue weighted by Crippen LogP contribution is 2.34. The molecule has 2 aromatic heterocycles. The maximum absolute atomic E-state index is 13.7. The summed E-state index contributed by atoms with van der Waals surface area (Å²) in [5.74, 6) is 0.519. The van der Waals surface area contributed by atoms with Gasteiger partial charge in [0, 0.05) is 78.9 Å². The van der Waals surface area contributed by atoms with Crippen LogP contribution in [0.15, 0.2) is 48.4 Å². The van der Waals surface area contributed by atoms with Gasteiger partial charge in [-0.1, -0.05) is 19.9 Å². The maximum Gasteiger partial charge on any atom is 0.252 e. The van der Waals surface area contributed by atoms with E-state index in [2.05, 4.69) is 70.6 Å². The lowest BCUT2D eigenvalue weighted by molar-refractivity contribution is -0.125. The quantitative estimate of drug-likeness (QED) is 0.423. The van der Waals surface area contributed by atoms with Gasteiger partial charge in [0.05, 0.1) is 5.92 Å². The second-order valence-electron chi connectivity index (χ2n) is 11.1. The average Bonchev–Trinajstić information content (AvgIpc) is 3.28. The highest BCUT2D eigenvalue weighted by Gasteiger charge is 2.29. The van der Waals surface area contributed by atoms with E-state index in [9.17, 15) is 9.59 Å². The van der Waals surface area contributed by atoms with E-state index in [0.29, 0.717) is 11.6 Å². The van der Waals surface area contributed by atoms with Crippen molar-refractivity contribution in [3.05, 3.63) is 59.6 Å². The number of nitrogens with one attached hydrogen (secondary N) is 3. The van der Waals surface area contributed by atoms with Gasteiger partial charge in [-0.25, -0.2) is 4.98 Å². The molecular weight excluding hydrogens is 488 g/mol. The van der Waals surface area contributed by atoms with Gasteiger partial charge >= 0.3 is 0 Å². The Hall–Kier alpha value is -3.65. The van der Waals surface area contributed by atoms with E-state index in [0.717, 1.165) is 71.7 Å². The van der Waals surface area contributed by atoms with Crippen molar-refractivity contribution in [2.24, 2.45) is 11.8 Å². The summed E-state index contributed by atoms with van der Waals surface area (Å²) >= 11 is 0. The molecule has 0 bridgehead atoms. The zero-order valence-corrected chi connectivity index (χ0v) is 23.7. The first-order valence-corrected chi connectivity index (χ1v) is 14.1. The highest BCUT2D eigenvalue weighted by atomic mass is 16.2. The lowest BCUT2D eigenvalue weighted by Crippen LogP contribution is -2.43. The molecule has 2 amide bonds. The molecular formula is C31H40N6O2. The molecule has 0 radical (unpaired) electrons. The molecule has 3 atom stereocenters. The van der Waals surface area contributed by atoms with Crippen molar-refractivity contribution in [3.63, 3.8) is 0 Å². The number of benzene rings is 1. The van der Waals surface area contributed by atoms with Gasteiger partial charge in [-0.05, 0) is 68.5 Å². The van der Waals surface area contributed by atoms with E-state index in [1.165, 1.54) is 0 Å². The second-order valence-corrected chi connectivity index (χ2v) is 11.1. The number of amides is 2. The van der Waals surface area contributed by atoms with Gasteiger partial charge in [0.2, 0.25) is 5.91 Å². The number of pyridine rings is 1. The standard InChI is InChI=1S/C31H40N6O2/c1-6-22(5)37-18-20(3)29-25(30(38)34-17-26-19(2)13-21(4)35-31(26)39)14-24(15-27(29)37)23-7-8-28(33-16-23)36-11-9-32-10-12-36/h7-8,13-16,18-19,22,26,32H,6,9-12,17H2,1-5H3,(H,34,38)(H,35,39)/t19?,22-,26?/m0/s1. The predicted octanol–water partition coefficient (Wildman–Crippen LogP) is 4.41. The van der Waals surface area contributed by atoms with E-state index in [1.807, 2.05) is 32.2 Å². The molecule has 8 heteroatoms. The molecule has 1 saturated heterocycles. The SMILES string of the molecule is CC[C@H](C)n1cc(C)c2c(C(=O)NCC3C(=O)NC(C)=CC3C)cc(-c3ccc(N4CCNCC4)nc3)cc21. The number of fused-ring (bicyclic) bond motifs is 1. The molecule has 206 valence electrons. The van der Waals surface area contributed by atoms with E-state index in [-0.39, 0.29) is 30.2 Å². The summed E-state index contributed by atoms with van der Waals surface area (Å²) in [6, 6.07) is 8.61. The third kappa shape index (κ3) is 5.43. The molecule has 4 heterocycles. The van der Waals surface area contributed by atoms with Crippen molar-refractivity contribution in [2.45, 2.75) is 47.1 Å². The van der Waals surface area contributed by atoms with Crippen molar-refractivity contribution >= 4 is 28.5 Å². The van der Waals surface area contributed by atoms with Gasteiger partial charge in [-0.3, -0.25) is 9.59 Å². The Balaban J connectivity index is 1.50. The fraction of sp³-hybridized carbons (Fsp3) is 0.452. The Morgan fingerprint density at radius 3 is 2.62 bits per heavy atom. The summed E-state index contributed by atoms with van der Waals surface area (Å²) < 4.78 is 2.28. The van der Waals surface area contributed by atoms with Crippen LogP contribution in [-0.2, 0) is 4.79 Å². The van der Waals surface area contributed by atoms with E-state index < -0.39 is 0 Å². The maximum atomic E-state index is 13.7. The minimum absolute atomic E-state index is 0.0450. The van der Waals surface area contributed by atoms with Gasteiger partial charge in [-0.15, -0.1) is 0 Å². The number of carbonyl (C=O) groups is 2. The summed E-state index contributed by atoms with van der Waals surface area (Å²) in [5.41, 5.74) is 5.53. The molecule has 0 aliphatic carbocycles. The minimum atomic E-state index is -0.302. The van der Waals surface area contributed by atoms with Crippen LogP contribution in [0.3, 0.4) is 0 Å². The molecule has 2 aliphatic rings. The summed E-state index contributed by atoms with van der Waals surface area (Å²) in [6.07, 6.45) is 7.09. The highest BCUT2D eigenvalue weighted by molar-refractivity contribution is 6.09. The fourth-order valence-corrected chi connectivity index (χ4v) is 5.79. The number of aromatic nitrogens is 2. The number of hydrogen-bond donors (Lipinski definition) is 3. The Bertz CT molecular complexity index is 1400. The van der Waals surface area contributed by atoms with Crippen molar-refractivity contribution in [2.75, 3.05) is 37.6 Å². The van der Waals surface area contributed by atoms with Crippen LogP contribution >= 0.6 is 0 Å². The Morgan fingerprint density at radius 2 is 1.95 bits per heavy atom. The molecule has 0 saturated carbocycles. The topological polar surface area (TPSA) is 91.3 Å². The van der Waals surface area contributed by atoms with E-state index in [1.54, 1.807) is 0 Å². The van der Waals surface area contributed by atoms with Gasteiger partial charge in [0.15, 0.2) is 0 Å². The second kappa shape index (κ2) is 11.2. The molecule has 1 aromatic carbocycles. The smallest absolute Gasteiger partial charge is 0.252 e. The zero-order valence-electron chi connectivity index (χ0n) is 23.7. The van der Waals surface area contributed by atoms with E-state index in [4.69, 9.17) is 4.98 Å². The van der Waals surface area contributed by atoms with Crippen molar-refractivity contribution < 1.29 is 9.59 Å². The fourth-order valence-electron chi connectivity index (χ4n) is 5.79. The van der Waals surface area contributed by atoms with Crippen LogP contribution in [-0.4, -0.2) is 54.1 Å². The van der Waals surface area contributed by atoms with Crippen molar-refractivity contribution in [1.29, 1.82) is 0 Å². The number of anilines is 1. The number of piperazine rings is 1. The molecule has 5 rings (SSSR count). The Labute approximate surface area is 230 Å². The van der Waals surface area contributed by atoms with Gasteiger partial charge in [0.25, 0.3) is 5.91 Å². The molecule has 3 aromatic rings. The van der Waals surface area contributed by atoms with Gasteiger partial charge in [0.1, 0.15) is 5.82 Å². The third-order valence-corrected chi connectivity index (χ3v) is 8.24. The number of carbonyl (C=O) groups excluding carboxylic acids is 2. The summed E-state index contributed by atoms with van der Waals surface area (Å²) in [4.78, 5) is 33.4. The third-order valence-electron chi connectivity index (χ3n) is 8.24. The van der Waals surface area contributed by atoms with Crippen molar-refractivity contribution in [1.82, 2.24) is 25.5 Å². The number of aryl methyl sites for hydroxylation is 1. The minimum Gasteiger partial charge on any atom is -0.354 e. The first-order valence-electron chi connectivity index (χ1n) is 14.1. The molecule has 0 spiro atoms. The summed E-state index contributed by atoms with van der Waals surface area (Å²) in [6.45, 7) is 14.4. The monoisotopic (exact) mass is 528 g/mol. The molecule has 39 heavy (non-hydrogen) atoms. The average molecular weight is 529 g/mol. The van der Waals surface area contributed by atoms with Crippen LogP contribution in [0.4, 0.5) is 5.82 Å². The van der Waals surface area contributed by atoms with Crippen LogP contribution in [0.1, 0.15) is 56.1 Å². The van der Waals surface area contributed by atoms with Gasteiger partial charge < -0.3 is 25.4 Å². The molecule has 2 aliphatic heterocycles. The molecule has 2 unspecified atom stereocenters. The van der Waals surface area contributed by atoms with Crippen LogP contribution in [0.5, 0.6) is 0 Å². The first-order chi connectivity index (χ1) is 18.8. The number of rotatable bonds is 7.